The van der Waals surface area contributed by atoms with E-state index in [1.807, 2.05) is 53.6 Å². The van der Waals surface area contributed by atoms with Crippen LogP contribution in [0.1, 0.15) is 18.0 Å². The van der Waals surface area contributed by atoms with Crippen LogP contribution < -0.4 is 5.06 Å². The van der Waals surface area contributed by atoms with Gasteiger partial charge in [-0.3, -0.25) is 4.84 Å². The summed E-state index contributed by atoms with van der Waals surface area (Å²) in [4.78, 5) is 31.7. The van der Waals surface area contributed by atoms with E-state index in [0.29, 0.717) is 17.6 Å². The van der Waals surface area contributed by atoms with Gasteiger partial charge in [-0.25, -0.2) is 14.7 Å². The molecule has 5 rings (SSSR count). The van der Waals surface area contributed by atoms with Gasteiger partial charge in [0.05, 0.1) is 43.2 Å². The van der Waals surface area contributed by atoms with Crippen molar-refractivity contribution >= 4 is 17.6 Å². The van der Waals surface area contributed by atoms with Crippen LogP contribution in [0.15, 0.2) is 71.8 Å². The molecule has 1 aliphatic heterocycles. The minimum Gasteiger partial charge on any atom is -0.466 e. The van der Waals surface area contributed by atoms with Crippen LogP contribution in [-0.4, -0.2) is 32.3 Å². The van der Waals surface area contributed by atoms with Gasteiger partial charge in [-0.2, -0.15) is 0 Å². The van der Waals surface area contributed by atoms with Gasteiger partial charge >= 0.3 is 11.9 Å². The first-order valence-corrected chi connectivity index (χ1v) is 10.1. The van der Waals surface area contributed by atoms with Crippen LogP contribution in [0, 0.1) is 17.8 Å². The Bertz CT molecular complexity index is 1000. The maximum absolute atomic E-state index is 12.7. The summed E-state index contributed by atoms with van der Waals surface area (Å²) in [6.07, 6.45) is 0.485. The molecule has 1 saturated carbocycles. The molecule has 154 valence electrons. The summed E-state index contributed by atoms with van der Waals surface area (Å²) in [6, 6.07) is 20.0. The van der Waals surface area contributed by atoms with Gasteiger partial charge < -0.3 is 9.47 Å². The highest BCUT2D eigenvalue weighted by Crippen LogP contribution is 2.62. The third-order valence-corrected chi connectivity index (χ3v) is 6.60. The molecule has 2 fully saturated rings. The number of rotatable bonds is 4. The van der Waals surface area contributed by atoms with Crippen molar-refractivity contribution < 1.29 is 23.9 Å². The van der Waals surface area contributed by atoms with Gasteiger partial charge in [0.1, 0.15) is 0 Å². The number of carbonyl (C=O) groups is 2. The van der Waals surface area contributed by atoms with Crippen molar-refractivity contribution in [2.75, 3.05) is 19.3 Å². The average Bonchev–Trinajstić information content (AvgIpc) is 3.48. The minimum atomic E-state index is -0.473. The van der Waals surface area contributed by atoms with Crippen LogP contribution in [0.3, 0.4) is 0 Å². The SMILES string of the molecule is COC(=O)C1=C(C(=O)OC)[C@H]2C[C@H]1[C@@H]1ON(c3ccccc3)[C@@H](c3ccccc3)[C@@H]12. The highest BCUT2D eigenvalue weighted by molar-refractivity contribution is 6.02. The summed E-state index contributed by atoms with van der Waals surface area (Å²) in [7, 11) is 2.69. The van der Waals surface area contributed by atoms with Crippen molar-refractivity contribution in [1.29, 1.82) is 0 Å². The molecule has 0 N–H and O–H groups in total. The largest absolute Gasteiger partial charge is 0.466 e. The first kappa shape index (κ1) is 18.9. The van der Waals surface area contributed by atoms with E-state index < -0.39 is 11.9 Å². The lowest BCUT2D eigenvalue weighted by Crippen LogP contribution is -2.34. The minimum absolute atomic E-state index is 0.0279. The molecule has 0 radical (unpaired) electrons. The number of fused-ring (bicyclic) bond motifs is 5. The maximum Gasteiger partial charge on any atom is 0.334 e. The van der Waals surface area contributed by atoms with Crippen molar-refractivity contribution in [1.82, 2.24) is 0 Å². The Balaban J connectivity index is 1.62. The Kier molecular flexibility index (Phi) is 4.59. The molecule has 5 atom stereocenters. The standard InChI is InChI=1S/C24H23NO5/c1-28-23(26)18-16-13-17(19(18)24(27)29-2)22-20(16)21(14-9-5-3-6-10-14)25(30-22)15-11-7-4-8-12-15/h3-12,16-17,20-22H,13H2,1-2H3/t16-,17-,20+,21+,22+/m1/s1. The van der Waals surface area contributed by atoms with Crippen molar-refractivity contribution in [2.24, 2.45) is 17.8 Å². The molecule has 6 nitrogen and oxygen atoms in total. The zero-order valence-electron chi connectivity index (χ0n) is 16.9. The lowest BCUT2D eigenvalue weighted by atomic mass is 9.76. The number of nitrogens with zero attached hydrogens (tertiary/aromatic N) is 1. The number of hydrogen-bond donors (Lipinski definition) is 0. The number of hydroxylamine groups is 1. The van der Waals surface area contributed by atoms with Gasteiger partial charge in [0.25, 0.3) is 0 Å². The molecule has 3 aliphatic rings. The summed E-state index contributed by atoms with van der Waals surface area (Å²) < 4.78 is 10.1. The van der Waals surface area contributed by atoms with E-state index in [4.69, 9.17) is 14.3 Å². The smallest absolute Gasteiger partial charge is 0.334 e. The predicted octanol–water partition coefficient (Wildman–Crippen LogP) is 3.46. The van der Waals surface area contributed by atoms with Crippen molar-refractivity contribution in [3.8, 4) is 0 Å². The van der Waals surface area contributed by atoms with Gasteiger partial charge in [0.15, 0.2) is 0 Å². The first-order valence-electron chi connectivity index (χ1n) is 10.1. The van der Waals surface area contributed by atoms with Crippen LogP contribution >= 0.6 is 0 Å². The molecule has 0 amide bonds. The predicted molar refractivity (Wildman–Crippen MR) is 109 cm³/mol. The topological polar surface area (TPSA) is 65.1 Å². The maximum atomic E-state index is 12.7. The molecule has 0 unspecified atom stereocenters. The lowest BCUT2D eigenvalue weighted by molar-refractivity contribution is -0.140. The number of anilines is 1. The second kappa shape index (κ2) is 7.29. The quantitative estimate of drug-likeness (QED) is 0.726. The van der Waals surface area contributed by atoms with E-state index >= 15 is 0 Å². The summed E-state index contributed by atoms with van der Waals surface area (Å²) in [5.74, 6) is -1.22. The highest BCUT2D eigenvalue weighted by atomic mass is 16.7. The molecule has 2 aromatic rings. The van der Waals surface area contributed by atoms with Crippen molar-refractivity contribution in [3.05, 3.63) is 77.4 Å². The third kappa shape index (κ3) is 2.67. The molecule has 2 aromatic carbocycles. The fraction of sp³-hybridized carbons (Fsp3) is 0.333. The zero-order chi connectivity index (χ0) is 20.8. The number of hydrogen-bond acceptors (Lipinski definition) is 6. The Morgan fingerprint density at radius 3 is 2.03 bits per heavy atom. The molecule has 1 heterocycles. The van der Waals surface area contributed by atoms with Crippen molar-refractivity contribution in [3.63, 3.8) is 0 Å². The van der Waals surface area contributed by atoms with Gasteiger partial charge in [-0.15, -0.1) is 0 Å². The molecule has 2 bridgehead atoms. The number of methoxy groups -OCH3 is 2. The fourth-order valence-electron chi connectivity index (χ4n) is 5.50. The van der Waals surface area contributed by atoms with Gasteiger partial charge in [-0.1, -0.05) is 48.5 Å². The second-order valence-corrected chi connectivity index (χ2v) is 7.92. The number of carbonyl (C=O) groups excluding carboxylic acids is 2. The zero-order valence-corrected chi connectivity index (χ0v) is 16.9. The Morgan fingerprint density at radius 2 is 1.43 bits per heavy atom. The molecular formula is C24H23NO5. The number of para-hydroxylation sites is 1. The number of esters is 2. The molecule has 30 heavy (non-hydrogen) atoms. The van der Waals surface area contributed by atoms with E-state index in [-0.39, 0.29) is 29.9 Å². The van der Waals surface area contributed by atoms with E-state index in [1.54, 1.807) is 0 Å². The Morgan fingerprint density at radius 1 is 0.867 bits per heavy atom. The van der Waals surface area contributed by atoms with Crippen LogP contribution in [0.25, 0.3) is 0 Å². The van der Waals surface area contributed by atoms with Crippen LogP contribution in [0.2, 0.25) is 0 Å². The molecule has 1 saturated heterocycles. The first-order chi connectivity index (χ1) is 14.7. The lowest BCUT2D eigenvalue weighted by Gasteiger charge is -2.30. The molecule has 6 heteroatoms. The van der Waals surface area contributed by atoms with Crippen LogP contribution in [0.4, 0.5) is 5.69 Å². The van der Waals surface area contributed by atoms with Crippen molar-refractivity contribution in [2.45, 2.75) is 18.6 Å². The van der Waals surface area contributed by atoms with E-state index in [9.17, 15) is 9.59 Å². The number of benzene rings is 2. The van der Waals surface area contributed by atoms with Gasteiger partial charge in [-0.05, 0) is 24.1 Å². The fourth-order valence-corrected chi connectivity index (χ4v) is 5.50. The average molecular weight is 405 g/mol. The van der Waals surface area contributed by atoms with Crippen LogP contribution in [0.5, 0.6) is 0 Å². The summed E-state index contributed by atoms with van der Waals surface area (Å²) in [6.45, 7) is 0. The molecule has 0 spiro atoms. The van der Waals surface area contributed by atoms with Crippen LogP contribution in [-0.2, 0) is 23.9 Å². The van der Waals surface area contributed by atoms with Gasteiger partial charge in [0.2, 0.25) is 0 Å². The summed E-state index contributed by atoms with van der Waals surface area (Å²) in [5.41, 5.74) is 2.93. The highest BCUT2D eigenvalue weighted by Gasteiger charge is 2.64. The number of ether oxygens (including phenoxy) is 2. The summed E-state index contributed by atoms with van der Waals surface area (Å²) >= 11 is 0. The van der Waals surface area contributed by atoms with E-state index in [2.05, 4.69) is 12.1 Å². The summed E-state index contributed by atoms with van der Waals surface area (Å²) in [5, 5.41) is 1.94. The normalized spacial score (nSPS) is 29.1. The second-order valence-electron chi connectivity index (χ2n) is 7.92. The Hall–Kier alpha value is -3.12. The molecule has 2 aliphatic carbocycles. The van der Waals surface area contributed by atoms with E-state index in [0.717, 1.165) is 11.3 Å². The third-order valence-electron chi connectivity index (χ3n) is 6.60. The Labute approximate surface area is 175 Å². The van der Waals surface area contributed by atoms with Gasteiger partial charge in [0, 0.05) is 17.8 Å². The van der Waals surface area contributed by atoms with E-state index in [1.165, 1.54) is 14.2 Å². The molecule has 0 aromatic heterocycles. The molecular weight excluding hydrogens is 382 g/mol. The monoisotopic (exact) mass is 405 g/mol.